The molecule has 2 aliphatic rings. The van der Waals surface area contributed by atoms with Crippen LogP contribution in [0.3, 0.4) is 0 Å². The number of carbonyl (C=O) groups excluding carboxylic acids is 2. The Morgan fingerprint density at radius 3 is 2.53 bits per heavy atom. The van der Waals surface area contributed by atoms with Crippen LogP contribution >= 0.6 is 11.3 Å². The predicted molar refractivity (Wildman–Crippen MR) is 117 cm³/mol. The minimum Gasteiger partial charge on any atom is -0.346 e. The van der Waals surface area contributed by atoms with Gasteiger partial charge in [0.15, 0.2) is 0 Å². The molecule has 2 saturated heterocycles. The minimum atomic E-state index is -3.27. The first-order valence-electron chi connectivity index (χ1n) is 9.65. The zero-order valence-electron chi connectivity index (χ0n) is 16.2. The van der Waals surface area contributed by atoms with Crippen LogP contribution in [0, 0.1) is 12.3 Å². The molecule has 2 fully saturated rings. The Morgan fingerprint density at radius 1 is 1.13 bits per heavy atom. The Morgan fingerprint density at radius 2 is 1.87 bits per heavy atom. The van der Waals surface area contributed by atoms with Crippen LogP contribution in [0.2, 0.25) is 0 Å². The van der Waals surface area contributed by atoms with E-state index < -0.39 is 10.0 Å². The van der Waals surface area contributed by atoms with Gasteiger partial charge in [-0.3, -0.25) is 13.9 Å². The van der Waals surface area contributed by atoms with Crippen molar-refractivity contribution in [3.63, 3.8) is 0 Å². The molecule has 30 heavy (non-hydrogen) atoms. The van der Waals surface area contributed by atoms with Crippen LogP contribution in [-0.2, 0) is 14.8 Å². The molecule has 0 saturated carbocycles. The molecule has 1 aromatic heterocycles. The zero-order chi connectivity index (χ0) is 21.3. The van der Waals surface area contributed by atoms with Crippen molar-refractivity contribution in [3.05, 3.63) is 46.2 Å². The van der Waals surface area contributed by atoms with Gasteiger partial charge < -0.3 is 10.2 Å². The van der Waals surface area contributed by atoms with Crippen LogP contribution in [0.15, 0.2) is 36.4 Å². The van der Waals surface area contributed by atoms with Crippen molar-refractivity contribution < 1.29 is 18.0 Å². The third-order valence-electron chi connectivity index (χ3n) is 5.23. The maximum Gasteiger partial charge on any atom is 0.261 e. The van der Waals surface area contributed by atoms with Crippen molar-refractivity contribution in [2.75, 3.05) is 28.0 Å². The van der Waals surface area contributed by atoms with E-state index in [0.717, 1.165) is 6.42 Å². The number of terminal acetylenes is 1. The number of amides is 2. The molecule has 156 valence electrons. The van der Waals surface area contributed by atoms with E-state index in [1.807, 2.05) is 0 Å². The van der Waals surface area contributed by atoms with Crippen LogP contribution in [-0.4, -0.2) is 45.1 Å². The van der Waals surface area contributed by atoms with Gasteiger partial charge in [0.1, 0.15) is 0 Å². The topological polar surface area (TPSA) is 86.8 Å². The summed E-state index contributed by atoms with van der Waals surface area (Å²) in [5, 5.41) is 2.89. The Kier molecular flexibility index (Phi) is 5.54. The van der Waals surface area contributed by atoms with Crippen LogP contribution in [0.5, 0.6) is 0 Å². The maximum absolute atomic E-state index is 12.5. The molecule has 2 amide bonds. The third-order valence-corrected chi connectivity index (χ3v) is 8.12. The maximum atomic E-state index is 12.5. The average molecular weight is 444 g/mol. The lowest BCUT2D eigenvalue weighted by molar-refractivity contribution is -0.117. The molecule has 1 aromatic carbocycles. The fraction of sp³-hybridized carbons (Fsp3) is 0.333. The van der Waals surface area contributed by atoms with Gasteiger partial charge in [-0.2, -0.15) is 0 Å². The number of thiophene rings is 1. The van der Waals surface area contributed by atoms with Crippen molar-refractivity contribution in [1.82, 2.24) is 5.32 Å². The number of nitrogens with zero attached hydrogens (tertiary/aromatic N) is 2. The van der Waals surface area contributed by atoms with Gasteiger partial charge in [0, 0.05) is 25.2 Å². The van der Waals surface area contributed by atoms with Crippen molar-refractivity contribution in [1.29, 1.82) is 0 Å². The SMILES string of the molecule is C#Cc1ccc(C(=O)N[C@@H]2CC(=O)N(c3ccc(N4CCCCS4(=O)=O)cc3)C2)s1. The quantitative estimate of drug-likeness (QED) is 0.734. The monoisotopic (exact) mass is 443 g/mol. The summed E-state index contributed by atoms with van der Waals surface area (Å²) >= 11 is 1.24. The first-order chi connectivity index (χ1) is 14.4. The van der Waals surface area contributed by atoms with Crippen LogP contribution in [0.1, 0.15) is 33.8 Å². The molecule has 1 N–H and O–H groups in total. The lowest BCUT2D eigenvalue weighted by Gasteiger charge is -2.28. The van der Waals surface area contributed by atoms with Crippen LogP contribution < -0.4 is 14.5 Å². The molecule has 2 aromatic rings. The van der Waals surface area contributed by atoms with E-state index in [1.165, 1.54) is 15.6 Å². The first-order valence-corrected chi connectivity index (χ1v) is 12.1. The number of anilines is 2. The highest BCUT2D eigenvalue weighted by atomic mass is 32.2. The van der Waals surface area contributed by atoms with Crippen molar-refractivity contribution in [2.45, 2.75) is 25.3 Å². The Balaban J connectivity index is 1.43. The highest BCUT2D eigenvalue weighted by Gasteiger charge is 2.32. The number of hydrogen-bond donors (Lipinski definition) is 1. The summed E-state index contributed by atoms with van der Waals surface area (Å²) < 4.78 is 26.0. The molecule has 0 spiro atoms. The van der Waals surface area contributed by atoms with E-state index in [2.05, 4.69) is 11.2 Å². The molecule has 4 rings (SSSR count). The van der Waals surface area contributed by atoms with E-state index >= 15 is 0 Å². The molecule has 0 unspecified atom stereocenters. The first kappa shape index (κ1) is 20.4. The number of sulfonamides is 1. The molecule has 0 bridgehead atoms. The van der Waals surface area contributed by atoms with Crippen LogP contribution in [0.25, 0.3) is 0 Å². The summed E-state index contributed by atoms with van der Waals surface area (Å²) in [6, 6.07) is 10.0. The summed E-state index contributed by atoms with van der Waals surface area (Å²) in [5.41, 5.74) is 1.29. The molecule has 7 nitrogen and oxygen atoms in total. The van der Waals surface area contributed by atoms with Gasteiger partial charge in [-0.05, 0) is 49.2 Å². The van der Waals surface area contributed by atoms with Crippen molar-refractivity contribution >= 4 is 44.5 Å². The van der Waals surface area contributed by atoms with Gasteiger partial charge in [0.2, 0.25) is 15.9 Å². The standard InChI is InChI=1S/C21H21N3O4S2/c1-2-18-9-10-19(29-18)21(26)22-15-13-20(25)23(14-15)16-5-7-17(8-6-16)24-11-3-4-12-30(24,27)28/h1,5-10,15H,3-4,11-14H2,(H,22,26)/t15-/m1/s1. The smallest absolute Gasteiger partial charge is 0.261 e. The highest BCUT2D eigenvalue weighted by molar-refractivity contribution is 7.92. The third kappa shape index (κ3) is 4.06. The van der Waals surface area contributed by atoms with Gasteiger partial charge in [-0.25, -0.2) is 8.42 Å². The summed E-state index contributed by atoms with van der Waals surface area (Å²) in [6.07, 6.45) is 7.07. The lowest BCUT2D eigenvalue weighted by atomic mass is 10.2. The second kappa shape index (κ2) is 8.13. The molecular weight excluding hydrogens is 422 g/mol. The van der Waals surface area contributed by atoms with Gasteiger partial charge in [0.05, 0.1) is 27.2 Å². The van der Waals surface area contributed by atoms with Gasteiger partial charge >= 0.3 is 0 Å². The number of rotatable bonds is 4. The molecule has 1 atom stereocenters. The van der Waals surface area contributed by atoms with Crippen molar-refractivity contribution in [3.8, 4) is 12.3 Å². The second-order valence-electron chi connectivity index (χ2n) is 7.30. The van der Waals surface area contributed by atoms with Gasteiger partial charge in [-0.15, -0.1) is 17.8 Å². The van der Waals surface area contributed by atoms with E-state index in [1.54, 1.807) is 41.3 Å². The van der Waals surface area contributed by atoms with E-state index in [4.69, 9.17) is 6.42 Å². The number of hydrogen-bond acceptors (Lipinski definition) is 5. The molecule has 2 aliphatic heterocycles. The molecule has 3 heterocycles. The lowest BCUT2D eigenvalue weighted by Crippen LogP contribution is -2.38. The number of nitrogens with one attached hydrogen (secondary N) is 1. The van der Waals surface area contributed by atoms with E-state index in [0.29, 0.717) is 40.6 Å². The molecule has 0 aliphatic carbocycles. The molecule has 9 heteroatoms. The number of benzene rings is 1. The fourth-order valence-corrected chi connectivity index (χ4v) is 6.08. The Bertz CT molecular complexity index is 1120. The second-order valence-corrected chi connectivity index (χ2v) is 10.4. The van der Waals surface area contributed by atoms with Gasteiger partial charge in [0.25, 0.3) is 5.91 Å². The van der Waals surface area contributed by atoms with Crippen molar-refractivity contribution in [2.24, 2.45) is 0 Å². The summed E-state index contributed by atoms with van der Waals surface area (Å²) in [5.74, 6) is 2.33. The zero-order valence-corrected chi connectivity index (χ0v) is 17.8. The Labute approximate surface area is 179 Å². The highest BCUT2D eigenvalue weighted by Crippen LogP contribution is 2.28. The summed E-state index contributed by atoms with van der Waals surface area (Å²) in [7, 11) is -3.27. The predicted octanol–water partition coefficient (Wildman–Crippen LogP) is 2.19. The largest absolute Gasteiger partial charge is 0.346 e. The fourth-order valence-electron chi connectivity index (χ4n) is 3.73. The summed E-state index contributed by atoms with van der Waals surface area (Å²) in [6.45, 7) is 0.835. The number of carbonyl (C=O) groups is 2. The normalized spacial score (nSPS) is 20.8. The summed E-state index contributed by atoms with van der Waals surface area (Å²) in [4.78, 5) is 27.7. The Hall–Kier alpha value is -2.83. The average Bonchev–Trinajstić information content (AvgIpc) is 3.34. The van der Waals surface area contributed by atoms with Gasteiger partial charge in [-0.1, -0.05) is 5.92 Å². The molecule has 0 radical (unpaired) electrons. The van der Waals surface area contributed by atoms with E-state index in [-0.39, 0.29) is 30.0 Å². The van der Waals surface area contributed by atoms with E-state index in [9.17, 15) is 18.0 Å². The minimum absolute atomic E-state index is 0.0888. The molecular formula is C21H21N3O4S2. The van der Waals surface area contributed by atoms with Crippen LogP contribution in [0.4, 0.5) is 11.4 Å².